The summed E-state index contributed by atoms with van der Waals surface area (Å²) in [5.41, 5.74) is 2.98. The monoisotopic (exact) mass is 496 g/mol. The quantitative estimate of drug-likeness (QED) is 0.333. The molecule has 1 fully saturated rings. The van der Waals surface area contributed by atoms with Gasteiger partial charge in [-0.25, -0.2) is 4.39 Å². The first-order valence-corrected chi connectivity index (χ1v) is 12.4. The number of halogens is 1. The summed E-state index contributed by atoms with van der Waals surface area (Å²) in [6.45, 7) is 2.30. The highest BCUT2D eigenvalue weighted by Gasteiger charge is 2.19. The number of nitrogens with one attached hydrogen (secondary N) is 3. The SMILES string of the molecule is CNc1cc(-c2ccc(F)cc2)sc1C(=O)Nc1ccc(NCCCN2CCCC2=O)c(OC)c1. The number of carbonyl (C=O) groups excluding carboxylic acids is 2. The van der Waals surface area contributed by atoms with Crippen LogP contribution in [0.25, 0.3) is 10.4 Å². The van der Waals surface area contributed by atoms with Crippen molar-refractivity contribution in [3.63, 3.8) is 0 Å². The van der Waals surface area contributed by atoms with Crippen LogP contribution < -0.4 is 20.7 Å². The molecular weight excluding hydrogens is 467 g/mol. The summed E-state index contributed by atoms with van der Waals surface area (Å²) in [6.07, 6.45) is 2.44. The summed E-state index contributed by atoms with van der Waals surface area (Å²) < 4.78 is 18.8. The fraction of sp³-hybridized carbons (Fsp3) is 0.308. The maximum absolute atomic E-state index is 13.3. The second kappa shape index (κ2) is 11.2. The van der Waals surface area contributed by atoms with Gasteiger partial charge in [0.1, 0.15) is 16.4 Å². The first kappa shape index (κ1) is 24.5. The Bertz CT molecular complexity index is 1200. The molecule has 0 saturated carbocycles. The minimum Gasteiger partial charge on any atom is -0.495 e. The third-order valence-corrected chi connectivity index (χ3v) is 7.07. The van der Waals surface area contributed by atoms with Crippen molar-refractivity contribution in [2.24, 2.45) is 0 Å². The minimum atomic E-state index is -0.300. The normalized spacial score (nSPS) is 13.1. The largest absolute Gasteiger partial charge is 0.495 e. The molecule has 3 aromatic rings. The van der Waals surface area contributed by atoms with Crippen LogP contribution in [0.1, 0.15) is 28.9 Å². The lowest BCUT2D eigenvalue weighted by Gasteiger charge is -2.17. The smallest absolute Gasteiger partial charge is 0.267 e. The zero-order chi connectivity index (χ0) is 24.8. The van der Waals surface area contributed by atoms with Gasteiger partial charge in [0.2, 0.25) is 5.91 Å². The first-order chi connectivity index (χ1) is 17.0. The maximum Gasteiger partial charge on any atom is 0.267 e. The van der Waals surface area contributed by atoms with Crippen LogP contribution in [0.2, 0.25) is 0 Å². The van der Waals surface area contributed by atoms with Gasteiger partial charge in [0.05, 0.1) is 18.5 Å². The van der Waals surface area contributed by atoms with Crippen molar-refractivity contribution in [1.82, 2.24) is 4.90 Å². The van der Waals surface area contributed by atoms with Crippen LogP contribution in [-0.4, -0.2) is 50.5 Å². The van der Waals surface area contributed by atoms with Gasteiger partial charge in [-0.1, -0.05) is 12.1 Å². The average Bonchev–Trinajstić information content (AvgIpc) is 3.49. The number of hydrogen-bond donors (Lipinski definition) is 3. The highest BCUT2D eigenvalue weighted by molar-refractivity contribution is 7.18. The van der Waals surface area contributed by atoms with E-state index in [9.17, 15) is 14.0 Å². The topological polar surface area (TPSA) is 82.7 Å². The lowest BCUT2D eigenvalue weighted by Crippen LogP contribution is -2.27. The molecule has 0 unspecified atom stereocenters. The highest BCUT2D eigenvalue weighted by atomic mass is 32.1. The summed E-state index contributed by atoms with van der Waals surface area (Å²) in [5, 5.41) is 9.35. The summed E-state index contributed by atoms with van der Waals surface area (Å²) in [7, 11) is 3.35. The third kappa shape index (κ3) is 5.92. The van der Waals surface area contributed by atoms with Gasteiger partial charge in [0, 0.05) is 49.7 Å². The standard InChI is InChI=1S/C26H29FN4O3S/c1-28-21-16-23(17-6-8-18(27)9-7-17)35-25(21)26(33)30-19-10-11-20(22(15-19)34-2)29-12-4-14-31-13-3-5-24(31)32/h6-11,15-16,28-29H,3-5,12-14H2,1-2H3,(H,30,33). The molecule has 9 heteroatoms. The molecular formula is C26H29FN4O3S. The van der Waals surface area contributed by atoms with Gasteiger partial charge in [0.25, 0.3) is 5.91 Å². The Hall–Kier alpha value is -3.59. The molecule has 184 valence electrons. The van der Waals surface area contributed by atoms with E-state index in [-0.39, 0.29) is 17.6 Å². The number of thiophene rings is 1. The predicted molar refractivity (Wildman–Crippen MR) is 139 cm³/mol. The predicted octanol–water partition coefficient (Wildman–Crippen LogP) is 5.28. The Kier molecular flexibility index (Phi) is 7.87. The molecule has 2 amide bonds. The van der Waals surface area contributed by atoms with Crippen molar-refractivity contribution < 1.29 is 18.7 Å². The molecule has 0 atom stereocenters. The Morgan fingerprint density at radius 1 is 1.14 bits per heavy atom. The molecule has 35 heavy (non-hydrogen) atoms. The summed E-state index contributed by atoms with van der Waals surface area (Å²) in [5.74, 6) is 0.308. The van der Waals surface area contributed by atoms with Gasteiger partial charge >= 0.3 is 0 Å². The van der Waals surface area contributed by atoms with E-state index in [1.807, 2.05) is 23.1 Å². The zero-order valence-electron chi connectivity index (χ0n) is 19.8. The number of likely N-dealkylation sites (tertiary alicyclic amines) is 1. The van der Waals surface area contributed by atoms with Crippen LogP contribution in [0.5, 0.6) is 5.75 Å². The van der Waals surface area contributed by atoms with Crippen LogP contribution in [0, 0.1) is 5.82 Å². The van der Waals surface area contributed by atoms with E-state index in [0.717, 1.165) is 42.1 Å². The van der Waals surface area contributed by atoms with Gasteiger partial charge in [-0.2, -0.15) is 0 Å². The van der Waals surface area contributed by atoms with Crippen molar-refractivity contribution >= 4 is 40.2 Å². The molecule has 1 aliphatic heterocycles. The molecule has 7 nitrogen and oxygen atoms in total. The molecule has 2 heterocycles. The van der Waals surface area contributed by atoms with Crippen LogP contribution in [0.4, 0.5) is 21.5 Å². The number of hydrogen-bond acceptors (Lipinski definition) is 6. The molecule has 0 aliphatic carbocycles. The lowest BCUT2D eigenvalue weighted by molar-refractivity contribution is -0.127. The van der Waals surface area contributed by atoms with E-state index in [4.69, 9.17) is 4.74 Å². The highest BCUT2D eigenvalue weighted by Crippen LogP contribution is 2.36. The van der Waals surface area contributed by atoms with Crippen LogP contribution in [0.15, 0.2) is 48.5 Å². The van der Waals surface area contributed by atoms with Crippen molar-refractivity contribution in [1.29, 1.82) is 0 Å². The second-order valence-electron chi connectivity index (χ2n) is 8.24. The Balaban J connectivity index is 1.40. The second-order valence-corrected chi connectivity index (χ2v) is 9.30. The molecule has 0 bridgehead atoms. The molecule has 1 saturated heterocycles. The zero-order valence-corrected chi connectivity index (χ0v) is 20.6. The maximum atomic E-state index is 13.3. The number of nitrogens with zero attached hydrogens (tertiary/aromatic N) is 1. The molecule has 3 N–H and O–H groups in total. The number of methoxy groups -OCH3 is 1. The summed E-state index contributed by atoms with van der Waals surface area (Å²) >= 11 is 1.34. The fourth-order valence-corrected chi connectivity index (χ4v) is 5.10. The van der Waals surface area contributed by atoms with Gasteiger partial charge in [-0.05, 0) is 48.7 Å². The number of amides is 2. The Morgan fingerprint density at radius 2 is 1.94 bits per heavy atom. The molecule has 0 spiro atoms. The van der Waals surface area contributed by atoms with Crippen molar-refractivity contribution in [2.75, 3.05) is 49.7 Å². The van der Waals surface area contributed by atoms with E-state index in [1.54, 1.807) is 32.4 Å². The Morgan fingerprint density at radius 3 is 2.63 bits per heavy atom. The first-order valence-electron chi connectivity index (χ1n) is 11.6. The number of anilines is 3. The van der Waals surface area contributed by atoms with E-state index < -0.39 is 0 Å². The van der Waals surface area contributed by atoms with E-state index >= 15 is 0 Å². The fourth-order valence-electron chi connectivity index (χ4n) is 4.04. The van der Waals surface area contributed by atoms with Gasteiger partial charge in [-0.3, -0.25) is 9.59 Å². The lowest BCUT2D eigenvalue weighted by atomic mass is 10.2. The van der Waals surface area contributed by atoms with Crippen LogP contribution >= 0.6 is 11.3 Å². The molecule has 0 radical (unpaired) electrons. The van der Waals surface area contributed by atoms with Gasteiger partial charge < -0.3 is 25.6 Å². The van der Waals surface area contributed by atoms with Gasteiger partial charge in [0.15, 0.2) is 0 Å². The molecule has 2 aromatic carbocycles. The van der Waals surface area contributed by atoms with Crippen molar-refractivity contribution in [2.45, 2.75) is 19.3 Å². The molecule has 1 aliphatic rings. The summed E-state index contributed by atoms with van der Waals surface area (Å²) in [4.78, 5) is 28.1. The number of carbonyl (C=O) groups is 2. The van der Waals surface area contributed by atoms with Crippen LogP contribution in [-0.2, 0) is 4.79 Å². The van der Waals surface area contributed by atoms with E-state index in [2.05, 4.69) is 16.0 Å². The number of rotatable bonds is 10. The van der Waals surface area contributed by atoms with Crippen molar-refractivity contribution in [3.8, 4) is 16.2 Å². The van der Waals surface area contributed by atoms with Crippen LogP contribution in [0.3, 0.4) is 0 Å². The molecule has 1 aromatic heterocycles. The summed E-state index contributed by atoms with van der Waals surface area (Å²) in [6, 6.07) is 13.5. The van der Waals surface area contributed by atoms with E-state index in [1.165, 1.54) is 23.5 Å². The molecule has 4 rings (SSSR count). The minimum absolute atomic E-state index is 0.236. The number of benzene rings is 2. The Labute approximate surface area is 208 Å². The number of ether oxygens (including phenoxy) is 1. The average molecular weight is 497 g/mol. The van der Waals surface area contributed by atoms with Gasteiger partial charge in [-0.15, -0.1) is 11.3 Å². The third-order valence-electron chi connectivity index (χ3n) is 5.89. The van der Waals surface area contributed by atoms with Crippen molar-refractivity contribution in [3.05, 3.63) is 59.2 Å². The van der Waals surface area contributed by atoms with E-state index in [0.29, 0.717) is 35.0 Å².